The first kappa shape index (κ1) is 12.9. The van der Waals surface area contributed by atoms with Crippen LogP contribution in [0.15, 0.2) is 6.07 Å². The van der Waals surface area contributed by atoms with Crippen LogP contribution in [-0.2, 0) is 12.8 Å². The number of rotatable bonds is 4. The van der Waals surface area contributed by atoms with E-state index in [1.807, 2.05) is 0 Å². The monoisotopic (exact) mass is 260 g/mol. The number of fused-ring (bicyclic) bond motifs is 1. The van der Waals surface area contributed by atoms with Gasteiger partial charge in [0.25, 0.3) is 0 Å². The molecular weight excluding hydrogens is 236 g/mol. The lowest BCUT2D eigenvalue weighted by Gasteiger charge is -2.22. The van der Waals surface area contributed by atoms with Crippen molar-refractivity contribution in [3.05, 3.63) is 17.3 Å². The Labute approximate surface area is 115 Å². The van der Waals surface area contributed by atoms with Gasteiger partial charge in [0, 0.05) is 6.54 Å². The minimum Gasteiger partial charge on any atom is -0.369 e. The van der Waals surface area contributed by atoms with E-state index in [0.29, 0.717) is 0 Å². The topological polar surface area (TPSA) is 49.8 Å². The predicted molar refractivity (Wildman–Crippen MR) is 77.4 cm³/mol. The van der Waals surface area contributed by atoms with E-state index < -0.39 is 0 Å². The Kier molecular flexibility index (Phi) is 4.28. The van der Waals surface area contributed by atoms with E-state index in [4.69, 9.17) is 0 Å². The molecule has 2 aliphatic rings. The Morgan fingerprint density at radius 3 is 2.89 bits per heavy atom. The second-order valence-electron chi connectivity index (χ2n) is 5.82. The van der Waals surface area contributed by atoms with E-state index in [1.54, 1.807) is 0 Å². The molecule has 0 amide bonds. The van der Waals surface area contributed by atoms with Gasteiger partial charge >= 0.3 is 0 Å². The van der Waals surface area contributed by atoms with Gasteiger partial charge in [-0.2, -0.15) is 5.10 Å². The van der Waals surface area contributed by atoms with Crippen LogP contribution in [0.25, 0.3) is 0 Å². The molecule has 3 rings (SSSR count). The maximum Gasteiger partial charge on any atom is 0.148 e. The van der Waals surface area contributed by atoms with E-state index in [0.717, 1.165) is 24.7 Å². The van der Waals surface area contributed by atoms with E-state index in [-0.39, 0.29) is 0 Å². The van der Waals surface area contributed by atoms with Crippen LogP contribution < -0.4 is 10.6 Å². The quantitative estimate of drug-likeness (QED) is 0.871. The van der Waals surface area contributed by atoms with Crippen molar-refractivity contribution >= 4 is 5.82 Å². The van der Waals surface area contributed by atoms with Crippen molar-refractivity contribution in [1.82, 2.24) is 15.5 Å². The third-order valence-corrected chi connectivity index (χ3v) is 4.39. The fraction of sp³-hybridized carbons (Fsp3) is 0.733. The van der Waals surface area contributed by atoms with Crippen LogP contribution in [0.2, 0.25) is 0 Å². The smallest absolute Gasteiger partial charge is 0.148 e. The van der Waals surface area contributed by atoms with Crippen LogP contribution in [0.4, 0.5) is 5.82 Å². The normalized spacial score (nSPS) is 20.0. The molecule has 1 saturated heterocycles. The lowest BCUT2D eigenvalue weighted by atomic mass is 9.95. The molecule has 0 bridgehead atoms. The van der Waals surface area contributed by atoms with Crippen molar-refractivity contribution in [3.63, 3.8) is 0 Å². The average Bonchev–Trinajstić information content (AvgIpc) is 2.48. The van der Waals surface area contributed by atoms with Crippen LogP contribution in [0, 0.1) is 5.92 Å². The van der Waals surface area contributed by atoms with Crippen molar-refractivity contribution in [2.24, 2.45) is 5.92 Å². The van der Waals surface area contributed by atoms with E-state index in [2.05, 4.69) is 26.9 Å². The molecule has 0 radical (unpaired) electrons. The molecule has 2 heterocycles. The Hall–Kier alpha value is -1.16. The van der Waals surface area contributed by atoms with E-state index in [1.165, 1.54) is 62.9 Å². The van der Waals surface area contributed by atoms with Gasteiger partial charge in [-0.25, -0.2) is 0 Å². The second kappa shape index (κ2) is 6.33. The molecule has 1 aromatic rings. The molecule has 19 heavy (non-hydrogen) atoms. The maximum absolute atomic E-state index is 4.36. The van der Waals surface area contributed by atoms with E-state index in [9.17, 15) is 0 Å². The minimum atomic E-state index is 0.874. The highest BCUT2D eigenvalue weighted by molar-refractivity contribution is 5.38. The zero-order valence-corrected chi connectivity index (χ0v) is 11.6. The highest BCUT2D eigenvalue weighted by Crippen LogP contribution is 2.21. The molecule has 0 aromatic carbocycles. The maximum atomic E-state index is 4.36. The van der Waals surface area contributed by atoms with Gasteiger partial charge in [0.15, 0.2) is 0 Å². The van der Waals surface area contributed by atoms with E-state index >= 15 is 0 Å². The highest BCUT2D eigenvalue weighted by atomic mass is 15.2. The molecule has 1 aliphatic heterocycles. The fourth-order valence-corrected chi connectivity index (χ4v) is 3.15. The molecule has 2 N–H and O–H groups in total. The Balaban J connectivity index is 1.49. The number of piperidine rings is 1. The van der Waals surface area contributed by atoms with Gasteiger partial charge in [0.2, 0.25) is 0 Å². The molecule has 0 atom stereocenters. The van der Waals surface area contributed by atoms with Gasteiger partial charge in [-0.05, 0) is 75.6 Å². The lowest BCUT2D eigenvalue weighted by molar-refractivity contribution is 0.361. The van der Waals surface area contributed by atoms with Gasteiger partial charge in [-0.1, -0.05) is 0 Å². The summed E-state index contributed by atoms with van der Waals surface area (Å²) in [6, 6.07) is 2.21. The third kappa shape index (κ3) is 3.44. The summed E-state index contributed by atoms with van der Waals surface area (Å²) in [5.41, 5.74) is 2.63. The number of anilines is 1. The summed E-state index contributed by atoms with van der Waals surface area (Å²) in [5, 5.41) is 15.5. The number of nitrogens with zero attached hydrogens (tertiary/aromatic N) is 2. The first-order valence-electron chi connectivity index (χ1n) is 7.72. The number of nitrogens with one attached hydrogen (secondary N) is 2. The highest BCUT2D eigenvalue weighted by Gasteiger charge is 2.14. The first-order chi connectivity index (χ1) is 9.42. The van der Waals surface area contributed by atoms with Crippen LogP contribution in [-0.4, -0.2) is 29.8 Å². The van der Waals surface area contributed by atoms with Crippen molar-refractivity contribution in [2.45, 2.75) is 44.9 Å². The molecule has 0 saturated carbocycles. The fourth-order valence-electron chi connectivity index (χ4n) is 3.15. The van der Waals surface area contributed by atoms with Gasteiger partial charge < -0.3 is 10.6 Å². The largest absolute Gasteiger partial charge is 0.369 e. The van der Waals surface area contributed by atoms with Crippen molar-refractivity contribution in [1.29, 1.82) is 0 Å². The Morgan fingerprint density at radius 2 is 2.00 bits per heavy atom. The average molecular weight is 260 g/mol. The van der Waals surface area contributed by atoms with Crippen LogP contribution in [0.5, 0.6) is 0 Å². The molecule has 1 aliphatic carbocycles. The zero-order chi connectivity index (χ0) is 12.9. The zero-order valence-electron chi connectivity index (χ0n) is 11.6. The molecule has 4 nitrogen and oxygen atoms in total. The summed E-state index contributed by atoms with van der Waals surface area (Å²) in [7, 11) is 0. The number of aryl methyl sites for hydroxylation is 2. The van der Waals surface area contributed by atoms with Gasteiger partial charge in [-0.15, -0.1) is 5.10 Å². The van der Waals surface area contributed by atoms with Crippen molar-refractivity contribution in [3.8, 4) is 0 Å². The summed E-state index contributed by atoms with van der Waals surface area (Å²) in [5.74, 6) is 1.84. The Bertz CT molecular complexity index is 413. The molecular formula is C15H24N4. The van der Waals surface area contributed by atoms with Crippen LogP contribution in [0.1, 0.15) is 43.4 Å². The molecule has 104 valence electrons. The number of aromatic nitrogens is 2. The third-order valence-electron chi connectivity index (χ3n) is 4.39. The second-order valence-corrected chi connectivity index (χ2v) is 5.82. The summed E-state index contributed by atoms with van der Waals surface area (Å²) in [6.07, 6.45) is 8.73. The van der Waals surface area contributed by atoms with Gasteiger partial charge in [0.1, 0.15) is 5.82 Å². The Morgan fingerprint density at radius 1 is 1.16 bits per heavy atom. The van der Waals surface area contributed by atoms with Gasteiger partial charge in [0.05, 0.1) is 5.69 Å². The molecule has 1 fully saturated rings. The molecule has 0 unspecified atom stereocenters. The lowest BCUT2D eigenvalue weighted by Crippen LogP contribution is -2.28. The standard InChI is InChI=1S/C15H24N4/c1-2-4-14-13(3-1)11-15(19-18-14)17-10-7-12-5-8-16-9-6-12/h11-12,16H,1-10H2,(H,17,19). The summed E-state index contributed by atoms with van der Waals surface area (Å²) >= 11 is 0. The summed E-state index contributed by atoms with van der Waals surface area (Å²) in [4.78, 5) is 0. The van der Waals surface area contributed by atoms with Gasteiger partial charge in [-0.3, -0.25) is 0 Å². The van der Waals surface area contributed by atoms with Crippen molar-refractivity contribution < 1.29 is 0 Å². The van der Waals surface area contributed by atoms with Crippen molar-refractivity contribution in [2.75, 3.05) is 25.0 Å². The first-order valence-corrected chi connectivity index (χ1v) is 7.72. The molecule has 0 spiro atoms. The van der Waals surface area contributed by atoms with Crippen LogP contribution in [0.3, 0.4) is 0 Å². The number of hydrogen-bond acceptors (Lipinski definition) is 4. The van der Waals surface area contributed by atoms with Crippen LogP contribution >= 0.6 is 0 Å². The summed E-state index contributed by atoms with van der Waals surface area (Å²) < 4.78 is 0. The molecule has 1 aromatic heterocycles. The molecule has 4 heteroatoms. The SMILES string of the molecule is c1c(NCCC2CCNCC2)nnc2c1CCCC2. The summed E-state index contributed by atoms with van der Waals surface area (Å²) in [6.45, 7) is 3.39. The predicted octanol–water partition coefficient (Wildman–Crippen LogP) is 2.16. The minimum absolute atomic E-state index is 0.874. The number of hydrogen-bond donors (Lipinski definition) is 2.